The highest BCUT2D eigenvalue weighted by Gasteiger charge is 2.29. The predicted octanol–water partition coefficient (Wildman–Crippen LogP) is 6.04. The Morgan fingerprint density at radius 1 is 0.844 bits per heavy atom. The van der Waals surface area contributed by atoms with E-state index in [4.69, 9.17) is 23.2 Å². The first-order chi connectivity index (χ1) is 15.4. The van der Waals surface area contributed by atoms with Gasteiger partial charge >= 0.3 is 0 Å². The lowest BCUT2D eigenvalue weighted by molar-refractivity contribution is -0.124. The van der Waals surface area contributed by atoms with E-state index in [2.05, 4.69) is 10.6 Å². The summed E-state index contributed by atoms with van der Waals surface area (Å²) in [7, 11) is 0. The zero-order chi connectivity index (χ0) is 23.1. The standard InChI is InChI=1S/C26H26Cl2N2O2/c1-3-17(2)23(29-25(31)21-15-14-20(27)16-22(21)28)26(32)30-24(18-10-6-4-7-11-18)19-12-8-5-9-13-19/h4-17,23-24H,3H2,1-2H3,(H,29,31)(H,30,32). The number of hydrogen-bond donors (Lipinski definition) is 2. The Kier molecular flexibility index (Phi) is 8.32. The molecule has 0 fully saturated rings. The lowest BCUT2D eigenvalue weighted by atomic mass is 9.95. The Hall–Kier alpha value is -2.82. The minimum atomic E-state index is -0.728. The summed E-state index contributed by atoms with van der Waals surface area (Å²) in [6.45, 7) is 3.92. The van der Waals surface area contributed by atoms with Crippen molar-refractivity contribution in [1.29, 1.82) is 0 Å². The first-order valence-corrected chi connectivity index (χ1v) is 11.3. The fourth-order valence-corrected chi connectivity index (χ4v) is 3.97. The van der Waals surface area contributed by atoms with Crippen molar-refractivity contribution in [2.45, 2.75) is 32.4 Å². The van der Waals surface area contributed by atoms with Crippen molar-refractivity contribution in [3.8, 4) is 0 Å². The van der Waals surface area contributed by atoms with Crippen molar-refractivity contribution in [2.75, 3.05) is 0 Å². The monoisotopic (exact) mass is 468 g/mol. The summed E-state index contributed by atoms with van der Waals surface area (Å²) in [4.78, 5) is 26.3. The van der Waals surface area contributed by atoms with Crippen LogP contribution in [0.3, 0.4) is 0 Å². The molecule has 0 saturated carbocycles. The van der Waals surface area contributed by atoms with Crippen molar-refractivity contribution in [3.05, 3.63) is 106 Å². The number of benzene rings is 3. The van der Waals surface area contributed by atoms with Gasteiger partial charge in [-0.3, -0.25) is 9.59 Å². The fraction of sp³-hybridized carbons (Fsp3) is 0.231. The van der Waals surface area contributed by atoms with Crippen molar-refractivity contribution < 1.29 is 9.59 Å². The van der Waals surface area contributed by atoms with Gasteiger partial charge in [-0.2, -0.15) is 0 Å². The summed E-state index contributed by atoms with van der Waals surface area (Å²) in [5.74, 6) is -0.754. The highest BCUT2D eigenvalue weighted by molar-refractivity contribution is 6.36. The molecule has 2 N–H and O–H groups in total. The van der Waals surface area contributed by atoms with Crippen molar-refractivity contribution in [3.63, 3.8) is 0 Å². The van der Waals surface area contributed by atoms with Gasteiger partial charge in [0.25, 0.3) is 5.91 Å². The molecule has 0 heterocycles. The number of rotatable bonds is 8. The minimum Gasteiger partial charge on any atom is -0.343 e. The maximum Gasteiger partial charge on any atom is 0.253 e. The van der Waals surface area contributed by atoms with E-state index in [1.807, 2.05) is 74.5 Å². The molecule has 0 aliphatic heterocycles. The van der Waals surface area contributed by atoms with Crippen LogP contribution in [0.25, 0.3) is 0 Å². The number of hydrogen-bond acceptors (Lipinski definition) is 2. The van der Waals surface area contributed by atoms with E-state index in [1.165, 1.54) is 6.07 Å². The topological polar surface area (TPSA) is 58.2 Å². The molecule has 2 unspecified atom stereocenters. The molecule has 3 rings (SSSR count). The number of halogens is 2. The van der Waals surface area contributed by atoms with Crippen molar-refractivity contribution >= 4 is 35.0 Å². The summed E-state index contributed by atoms with van der Waals surface area (Å²) in [6.07, 6.45) is 0.716. The molecule has 0 saturated heterocycles. The number of carbonyl (C=O) groups is 2. The average molecular weight is 469 g/mol. The lowest BCUT2D eigenvalue weighted by Gasteiger charge is -2.27. The molecule has 3 aromatic rings. The van der Waals surface area contributed by atoms with Gasteiger partial charge < -0.3 is 10.6 Å². The van der Waals surface area contributed by atoms with Gasteiger partial charge in [0, 0.05) is 5.02 Å². The van der Waals surface area contributed by atoms with Crippen LogP contribution in [-0.2, 0) is 4.79 Å². The summed E-state index contributed by atoms with van der Waals surface area (Å²) in [6, 6.07) is 23.1. The Morgan fingerprint density at radius 3 is 1.91 bits per heavy atom. The highest BCUT2D eigenvalue weighted by atomic mass is 35.5. The van der Waals surface area contributed by atoms with E-state index in [0.29, 0.717) is 11.4 Å². The van der Waals surface area contributed by atoms with Crippen LogP contribution in [0.4, 0.5) is 0 Å². The summed E-state index contributed by atoms with van der Waals surface area (Å²) in [5.41, 5.74) is 2.20. The second kappa shape index (κ2) is 11.2. The minimum absolute atomic E-state index is 0.0859. The van der Waals surface area contributed by atoms with E-state index in [9.17, 15) is 9.59 Å². The van der Waals surface area contributed by atoms with Gasteiger partial charge in [-0.05, 0) is 35.2 Å². The molecule has 0 bridgehead atoms. The Bertz CT molecular complexity index is 1020. The molecule has 0 aromatic heterocycles. The maximum absolute atomic E-state index is 13.4. The second-order valence-corrected chi connectivity index (χ2v) is 8.57. The third kappa shape index (κ3) is 5.90. The molecule has 166 valence electrons. The molecule has 2 amide bonds. The third-order valence-electron chi connectivity index (χ3n) is 5.51. The lowest BCUT2D eigenvalue weighted by Crippen LogP contribution is -2.51. The molecule has 32 heavy (non-hydrogen) atoms. The van der Waals surface area contributed by atoms with Gasteiger partial charge in [0.2, 0.25) is 5.91 Å². The van der Waals surface area contributed by atoms with E-state index < -0.39 is 11.9 Å². The summed E-state index contributed by atoms with van der Waals surface area (Å²) in [5, 5.41) is 6.69. The van der Waals surface area contributed by atoms with Crippen LogP contribution < -0.4 is 10.6 Å². The van der Waals surface area contributed by atoms with Crippen LogP contribution in [0.1, 0.15) is 47.8 Å². The molecular formula is C26H26Cl2N2O2. The van der Waals surface area contributed by atoms with Gasteiger partial charge in [-0.15, -0.1) is 0 Å². The fourth-order valence-electron chi connectivity index (χ4n) is 3.48. The zero-order valence-corrected chi connectivity index (χ0v) is 19.5. The normalized spacial score (nSPS) is 12.8. The number of carbonyl (C=O) groups excluding carboxylic acids is 2. The maximum atomic E-state index is 13.4. The molecule has 3 aromatic carbocycles. The first kappa shape index (κ1) is 23.8. The largest absolute Gasteiger partial charge is 0.343 e. The van der Waals surface area contributed by atoms with Crippen molar-refractivity contribution in [2.24, 2.45) is 5.92 Å². The zero-order valence-electron chi connectivity index (χ0n) is 18.0. The predicted molar refractivity (Wildman–Crippen MR) is 130 cm³/mol. The Morgan fingerprint density at radius 2 is 1.41 bits per heavy atom. The van der Waals surface area contributed by atoms with Crippen LogP contribution in [0.15, 0.2) is 78.9 Å². The molecule has 0 radical (unpaired) electrons. The molecule has 4 nitrogen and oxygen atoms in total. The summed E-state index contributed by atoms with van der Waals surface area (Å²) >= 11 is 12.1. The molecule has 0 spiro atoms. The van der Waals surface area contributed by atoms with E-state index >= 15 is 0 Å². The van der Waals surface area contributed by atoms with Gasteiger partial charge in [0.05, 0.1) is 16.6 Å². The SMILES string of the molecule is CCC(C)C(NC(=O)c1ccc(Cl)cc1Cl)C(=O)NC(c1ccccc1)c1ccccc1. The van der Waals surface area contributed by atoms with Gasteiger partial charge in [-0.25, -0.2) is 0 Å². The van der Waals surface area contributed by atoms with Crippen LogP contribution in [0, 0.1) is 5.92 Å². The van der Waals surface area contributed by atoms with Crippen LogP contribution in [-0.4, -0.2) is 17.9 Å². The van der Waals surface area contributed by atoms with Crippen LogP contribution >= 0.6 is 23.2 Å². The molecule has 0 aliphatic carbocycles. The average Bonchev–Trinajstić information content (AvgIpc) is 2.81. The van der Waals surface area contributed by atoms with E-state index in [-0.39, 0.29) is 28.5 Å². The van der Waals surface area contributed by atoms with Crippen LogP contribution in [0.5, 0.6) is 0 Å². The van der Waals surface area contributed by atoms with E-state index in [1.54, 1.807) is 12.1 Å². The summed E-state index contributed by atoms with van der Waals surface area (Å²) < 4.78 is 0. The Labute approximate surface area is 198 Å². The van der Waals surface area contributed by atoms with Gasteiger partial charge in [-0.1, -0.05) is 104 Å². The molecule has 0 aliphatic rings. The molecule has 2 atom stereocenters. The number of amides is 2. The van der Waals surface area contributed by atoms with Gasteiger partial charge in [0.15, 0.2) is 0 Å². The van der Waals surface area contributed by atoms with Crippen molar-refractivity contribution in [1.82, 2.24) is 10.6 Å². The smallest absolute Gasteiger partial charge is 0.253 e. The second-order valence-electron chi connectivity index (χ2n) is 7.72. The third-order valence-corrected chi connectivity index (χ3v) is 6.06. The first-order valence-electron chi connectivity index (χ1n) is 10.6. The van der Waals surface area contributed by atoms with Gasteiger partial charge in [0.1, 0.15) is 6.04 Å². The molecular weight excluding hydrogens is 443 g/mol. The van der Waals surface area contributed by atoms with Crippen LogP contribution in [0.2, 0.25) is 10.0 Å². The quantitative estimate of drug-likeness (QED) is 0.422. The number of nitrogens with one attached hydrogen (secondary N) is 2. The highest BCUT2D eigenvalue weighted by Crippen LogP contribution is 2.24. The Balaban J connectivity index is 1.86. The van der Waals surface area contributed by atoms with E-state index in [0.717, 1.165) is 11.1 Å². The molecule has 6 heteroatoms.